The number of rotatable bonds is 8. The minimum absolute atomic E-state index is 0.641. The summed E-state index contributed by atoms with van der Waals surface area (Å²) in [5.74, 6) is 0. The summed E-state index contributed by atoms with van der Waals surface area (Å²) in [7, 11) is 0. The van der Waals surface area contributed by atoms with Gasteiger partial charge < -0.3 is 9.47 Å². The van der Waals surface area contributed by atoms with Crippen molar-refractivity contribution in [3.63, 3.8) is 0 Å². The van der Waals surface area contributed by atoms with Crippen molar-refractivity contribution in [1.82, 2.24) is 14.5 Å². The summed E-state index contributed by atoms with van der Waals surface area (Å²) < 4.78 is 2.14. The van der Waals surface area contributed by atoms with Gasteiger partial charge in [0.05, 0.1) is 6.33 Å². The third-order valence-corrected chi connectivity index (χ3v) is 3.29. The maximum atomic E-state index is 4.05. The van der Waals surface area contributed by atoms with Gasteiger partial charge in [-0.05, 0) is 33.2 Å². The number of imidazole rings is 1. The zero-order valence-electron chi connectivity index (χ0n) is 10.3. The molecule has 1 heterocycles. The number of hydrogen-bond donors (Lipinski definition) is 0. The Morgan fingerprint density at radius 2 is 2.06 bits per heavy atom. The molecule has 0 aliphatic rings. The van der Waals surface area contributed by atoms with Crippen molar-refractivity contribution in [3.05, 3.63) is 18.7 Å². The summed E-state index contributed by atoms with van der Waals surface area (Å²) in [6, 6.07) is 0.641. The molecule has 0 atom stereocenters. The van der Waals surface area contributed by atoms with Crippen LogP contribution in [0.3, 0.4) is 0 Å². The van der Waals surface area contributed by atoms with Crippen LogP contribution in [0, 0.1) is 0 Å². The SMILES string of the molecule is CC(C)N(CCCBr)CCCn1ccnc1. The average molecular weight is 288 g/mol. The van der Waals surface area contributed by atoms with Gasteiger partial charge >= 0.3 is 0 Å². The Morgan fingerprint density at radius 1 is 1.31 bits per heavy atom. The van der Waals surface area contributed by atoms with Gasteiger partial charge in [-0.1, -0.05) is 15.9 Å². The fourth-order valence-electron chi connectivity index (χ4n) is 1.77. The second-order valence-electron chi connectivity index (χ2n) is 4.33. The highest BCUT2D eigenvalue weighted by Gasteiger charge is 2.07. The molecule has 0 amide bonds. The van der Waals surface area contributed by atoms with Gasteiger partial charge in [0.2, 0.25) is 0 Å². The lowest BCUT2D eigenvalue weighted by Gasteiger charge is -2.26. The van der Waals surface area contributed by atoms with E-state index in [2.05, 4.69) is 44.2 Å². The number of nitrogens with zero attached hydrogens (tertiary/aromatic N) is 3. The predicted molar refractivity (Wildman–Crippen MR) is 72.0 cm³/mol. The topological polar surface area (TPSA) is 21.1 Å². The van der Waals surface area contributed by atoms with Crippen LogP contribution in [0.5, 0.6) is 0 Å². The Kier molecular flexibility index (Phi) is 6.73. The van der Waals surface area contributed by atoms with Crippen molar-refractivity contribution < 1.29 is 0 Å². The molecule has 0 N–H and O–H groups in total. The zero-order chi connectivity index (χ0) is 11.8. The van der Waals surface area contributed by atoms with E-state index >= 15 is 0 Å². The van der Waals surface area contributed by atoms with Crippen LogP contribution in [0.15, 0.2) is 18.7 Å². The molecular formula is C12H22BrN3. The van der Waals surface area contributed by atoms with Crippen LogP contribution in [-0.4, -0.2) is 38.9 Å². The van der Waals surface area contributed by atoms with Gasteiger partial charge in [-0.25, -0.2) is 4.98 Å². The van der Waals surface area contributed by atoms with Crippen LogP contribution in [0.2, 0.25) is 0 Å². The third-order valence-electron chi connectivity index (χ3n) is 2.73. The second kappa shape index (κ2) is 7.85. The molecule has 1 aromatic rings. The molecule has 0 fully saturated rings. The van der Waals surface area contributed by atoms with Crippen molar-refractivity contribution in [2.75, 3.05) is 18.4 Å². The highest BCUT2D eigenvalue weighted by atomic mass is 79.9. The van der Waals surface area contributed by atoms with Gasteiger partial charge in [-0.3, -0.25) is 0 Å². The van der Waals surface area contributed by atoms with Crippen molar-refractivity contribution in [3.8, 4) is 0 Å². The number of alkyl halides is 1. The van der Waals surface area contributed by atoms with Crippen LogP contribution in [0.25, 0.3) is 0 Å². The maximum absolute atomic E-state index is 4.05. The molecule has 16 heavy (non-hydrogen) atoms. The molecule has 0 radical (unpaired) electrons. The van der Waals surface area contributed by atoms with Crippen LogP contribution in [0.4, 0.5) is 0 Å². The van der Waals surface area contributed by atoms with Crippen LogP contribution < -0.4 is 0 Å². The largest absolute Gasteiger partial charge is 0.337 e. The van der Waals surface area contributed by atoms with E-state index in [-0.39, 0.29) is 0 Å². The normalized spacial score (nSPS) is 11.6. The molecule has 92 valence electrons. The molecule has 0 aromatic carbocycles. The Bertz CT molecular complexity index is 259. The molecular weight excluding hydrogens is 266 g/mol. The maximum Gasteiger partial charge on any atom is 0.0945 e. The molecule has 0 aliphatic carbocycles. The van der Waals surface area contributed by atoms with Crippen LogP contribution >= 0.6 is 15.9 Å². The lowest BCUT2D eigenvalue weighted by atomic mass is 10.2. The molecule has 1 aromatic heterocycles. The van der Waals surface area contributed by atoms with Gasteiger partial charge in [-0.2, -0.15) is 0 Å². The summed E-state index contributed by atoms with van der Waals surface area (Å²) >= 11 is 3.49. The molecule has 0 bridgehead atoms. The highest BCUT2D eigenvalue weighted by molar-refractivity contribution is 9.09. The Balaban J connectivity index is 2.21. The minimum atomic E-state index is 0.641. The van der Waals surface area contributed by atoms with Crippen LogP contribution in [0.1, 0.15) is 26.7 Å². The third kappa shape index (κ3) is 5.12. The Morgan fingerprint density at radius 3 is 2.62 bits per heavy atom. The standard InChI is InChI=1S/C12H22BrN3/c1-12(2)16(8-3-5-13)9-4-7-15-10-6-14-11-15/h6,10-12H,3-5,7-9H2,1-2H3. The Hall–Kier alpha value is -0.350. The molecule has 0 saturated carbocycles. The molecule has 0 aliphatic heterocycles. The van der Waals surface area contributed by atoms with E-state index in [9.17, 15) is 0 Å². The fraction of sp³-hybridized carbons (Fsp3) is 0.750. The number of hydrogen-bond acceptors (Lipinski definition) is 2. The molecule has 4 heteroatoms. The summed E-state index contributed by atoms with van der Waals surface area (Å²) in [6.07, 6.45) is 8.17. The first kappa shape index (κ1) is 13.7. The van der Waals surface area contributed by atoms with Gasteiger partial charge in [-0.15, -0.1) is 0 Å². The Labute approximate surface area is 107 Å². The van der Waals surface area contributed by atoms with E-state index in [0.717, 1.165) is 11.9 Å². The molecule has 0 spiro atoms. The van der Waals surface area contributed by atoms with Crippen molar-refractivity contribution >= 4 is 15.9 Å². The van der Waals surface area contributed by atoms with Gasteiger partial charge in [0.1, 0.15) is 0 Å². The van der Waals surface area contributed by atoms with Gasteiger partial charge in [0.25, 0.3) is 0 Å². The summed E-state index contributed by atoms with van der Waals surface area (Å²) in [5.41, 5.74) is 0. The molecule has 0 saturated heterocycles. The van der Waals surface area contributed by atoms with Gasteiger partial charge in [0.15, 0.2) is 0 Å². The van der Waals surface area contributed by atoms with Crippen molar-refractivity contribution in [2.45, 2.75) is 39.3 Å². The van der Waals surface area contributed by atoms with E-state index in [1.54, 1.807) is 0 Å². The average Bonchev–Trinajstić information content (AvgIpc) is 2.75. The lowest BCUT2D eigenvalue weighted by molar-refractivity contribution is 0.216. The smallest absolute Gasteiger partial charge is 0.0945 e. The van der Waals surface area contributed by atoms with Crippen molar-refractivity contribution in [2.24, 2.45) is 0 Å². The zero-order valence-corrected chi connectivity index (χ0v) is 11.9. The molecule has 3 nitrogen and oxygen atoms in total. The van der Waals surface area contributed by atoms with Gasteiger partial charge in [0, 0.05) is 36.9 Å². The summed E-state index contributed by atoms with van der Waals surface area (Å²) in [6.45, 7) is 7.96. The second-order valence-corrected chi connectivity index (χ2v) is 5.12. The van der Waals surface area contributed by atoms with E-state index < -0.39 is 0 Å². The monoisotopic (exact) mass is 287 g/mol. The van der Waals surface area contributed by atoms with E-state index in [1.807, 2.05) is 18.7 Å². The molecule has 1 rings (SSSR count). The van der Waals surface area contributed by atoms with E-state index in [1.165, 1.54) is 25.9 Å². The summed E-state index contributed by atoms with van der Waals surface area (Å²) in [4.78, 5) is 6.59. The number of aryl methyl sites for hydroxylation is 1. The molecule has 0 unspecified atom stereocenters. The first-order chi connectivity index (χ1) is 7.74. The number of aromatic nitrogens is 2. The summed E-state index contributed by atoms with van der Waals surface area (Å²) in [5, 5.41) is 1.09. The predicted octanol–water partition coefficient (Wildman–Crippen LogP) is 2.77. The number of halogens is 1. The minimum Gasteiger partial charge on any atom is -0.337 e. The first-order valence-electron chi connectivity index (χ1n) is 5.99. The van der Waals surface area contributed by atoms with E-state index in [0.29, 0.717) is 6.04 Å². The van der Waals surface area contributed by atoms with Crippen LogP contribution in [-0.2, 0) is 6.54 Å². The lowest BCUT2D eigenvalue weighted by Crippen LogP contribution is -2.33. The van der Waals surface area contributed by atoms with E-state index in [4.69, 9.17) is 0 Å². The highest BCUT2D eigenvalue weighted by Crippen LogP contribution is 2.03. The fourth-order valence-corrected chi connectivity index (χ4v) is 2.02. The first-order valence-corrected chi connectivity index (χ1v) is 7.12. The van der Waals surface area contributed by atoms with Crippen molar-refractivity contribution in [1.29, 1.82) is 0 Å². The quantitative estimate of drug-likeness (QED) is 0.686.